The molecule has 0 saturated carbocycles. The van der Waals surface area contributed by atoms with E-state index in [-0.39, 0.29) is 11.7 Å². The maximum atomic E-state index is 12.2. The van der Waals surface area contributed by atoms with Crippen molar-refractivity contribution in [2.45, 2.75) is 40.7 Å². The van der Waals surface area contributed by atoms with Crippen LogP contribution in [0.4, 0.5) is 0 Å². The Labute approximate surface area is 139 Å². The van der Waals surface area contributed by atoms with Gasteiger partial charge in [0.15, 0.2) is 0 Å². The first-order valence-corrected chi connectivity index (χ1v) is 7.94. The first kappa shape index (κ1) is 16.1. The summed E-state index contributed by atoms with van der Waals surface area (Å²) in [4.78, 5) is 20.7. The summed E-state index contributed by atoms with van der Waals surface area (Å²) in [5.74, 6) is 0.300. The molecular weight excluding hydrogens is 306 g/mol. The molecule has 8 nitrogen and oxygen atoms in total. The van der Waals surface area contributed by atoms with Crippen molar-refractivity contribution in [3.63, 3.8) is 0 Å². The molecular formula is C16H21N7O. The Kier molecular flexibility index (Phi) is 4.28. The lowest BCUT2D eigenvalue weighted by Gasteiger charge is -2.05. The van der Waals surface area contributed by atoms with Gasteiger partial charge in [0.25, 0.3) is 11.7 Å². The first-order valence-electron chi connectivity index (χ1n) is 7.94. The Balaban J connectivity index is 1.59. The van der Waals surface area contributed by atoms with E-state index in [1.165, 1.54) is 0 Å². The molecule has 0 atom stereocenters. The van der Waals surface area contributed by atoms with Crippen LogP contribution in [-0.4, -0.2) is 41.8 Å². The number of hydrogen-bond acceptors (Lipinski definition) is 5. The zero-order chi connectivity index (χ0) is 17.3. The largest absolute Gasteiger partial charge is 0.349 e. The lowest BCUT2D eigenvalue weighted by Crippen LogP contribution is -2.26. The predicted octanol–water partition coefficient (Wildman–Crippen LogP) is 1.37. The van der Waals surface area contributed by atoms with Gasteiger partial charge in [0.05, 0.1) is 5.69 Å². The highest BCUT2D eigenvalue weighted by Crippen LogP contribution is 2.05. The molecule has 0 radical (unpaired) electrons. The van der Waals surface area contributed by atoms with Gasteiger partial charge >= 0.3 is 0 Å². The number of aromatic nitrogens is 6. The molecule has 0 fully saturated rings. The highest BCUT2D eigenvalue weighted by atomic mass is 16.2. The van der Waals surface area contributed by atoms with E-state index in [9.17, 15) is 4.79 Å². The van der Waals surface area contributed by atoms with Crippen molar-refractivity contribution in [2.75, 3.05) is 6.54 Å². The quantitative estimate of drug-likeness (QED) is 0.715. The summed E-state index contributed by atoms with van der Waals surface area (Å²) in [5, 5.41) is 11.5. The monoisotopic (exact) mass is 327 g/mol. The Hall–Kier alpha value is -2.77. The van der Waals surface area contributed by atoms with Gasteiger partial charge in [-0.15, -0.1) is 5.10 Å². The van der Waals surface area contributed by atoms with Crippen molar-refractivity contribution in [3.05, 3.63) is 40.7 Å². The molecule has 0 aliphatic rings. The summed E-state index contributed by atoms with van der Waals surface area (Å²) in [6.07, 6.45) is 0.789. The number of rotatable bonds is 5. The minimum Gasteiger partial charge on any atom is -0.349 e. The van der Waals surface area contributed by atoms with Gasteiger partial charge in [-0.2, -0.15) is 10.1 Å². The van der Waals surface area contributed by atoms with E-state index in [1.54, 1.807) is 4.52 Å². The number of nitrogens with zero attached hydrogens (tertiary/aromatic N) is 6. The molecule has 0 bridgehead atoms. The van der Waals surface area contributed by atoms with Crippen LogP contribution in [0, 0.1) is 27.7 Å². The zero-order valence-electron chi connectivity index (χ0n) is 14.4. The summed E-state index contributed by atoms with van der Waals surface area (Å²) in [5.41, 5.74) is 3.87. The van der Waals surface area contributed by atoms with Gasteiger partial charge in [0.1, 0.15) is 0 Å². The molecule has 0 aliphatic heterocycles. The third-order valence-corrected chi connectivity index (χ3v) is 3.76. The lowest BCUT2D eigenvalue weighted by molar-refractivity contribution is 0.0942. The van der Waals surface area contributed by atoms with E-state index < -0.39 is 0 Å². The third-order valence-electron chi connectivity index (χ3n) is 3.76. The van der Waals surface area contributed by atoms with Crippen LogP contribution in [0.15, 0.2) is 12.1 Å². The summed E-state index contributed by atoms with van der Waals surface area (Å²) in [6.45, 7) is 9.10. The number of nitrogens with one attached hydrogen (secondary N) is 1. The third kappa shape index (κ3) is 3.27. The molecule has 1 amide bonds. The van der Waals surface area contributed by atoms with Gasteiger partial charge in [0, 0.05) is 30.2 Å². The smallest absolute Gasteiger partial charge is 0.291 e. The highest BCUT2D eigenvalue weighted by Gasteiger charge is 2.14. The van der Waals surface area contributed by atoms with Gasteiger partial charge < -0.3 is 5.32 Å². The molecule has 3 rings (SSSR count). The minimum absolute atomic E-state index is 0.141. The maximum Gasteiger partial charge on any atom is 0.291 e. The lowest BCUT2D eigenvalue weighted by atomic mass is 10.4. The van der Waals surface area contributed by atoms with Gasteiger partial charge in [-0.25, -0.2) is 9.50 Å². The molecule has 3 aromatic heterocycles. The van der Waals surface area contributed by atoms with Gasteiger partial charge in [0.2, 0.25) is 5.82 Å². The van der Waals surface area contributed by atoms with Crippen molar-refractivity contribution in [1.82, 2.24) is 34.7 Å². The van der Waals surface area contributed by atoms with E-state index in [0.717, 1.165) is 35.7 Å². The van der Waals surface area contributed by atoms with Crippen LogP contribution in [0.2, 0.25) is 0 Å². The van der Waals surface area contributed by atoms with Crippen LogP contribution in [0.5, 0.6) is 0 Å². The van der Waals surface area contributed by atoms with Crippen molar-refractivity contribution in [2.24, 2.45) is 0 Å². The first-order chi connectivity index (χ1) is 11.4. The fraction of sp³-hybridized carbons (Fsp3) is 0.438. The summed E-state index contributed by atoms with van der Waals surface area (Å²) in [7, 11) is 0. The molecule has 0 aromatic carbocycles. The molecule has 0 saturated heterocycles. The van der Waals surface area contributed by atoms with Crippen LogP contribution in [0.1, 0.15) is 39.8 Å². The Morgan fingerprint density at radius 1 is 1.04 bits per heavy atom. The molecule has 3 heterocycles. The Bertz CT molecular complexity index is 893. The van der Waals surface area contributed by atoms with Crippen LogP contribution < -0.4 is 5.32 Å². The topological polar surface area (TPSA) is 90.0 Å². The van der Waals surface area contributed by atoms with Gasteiger partial charge in [-0.1, -0.05) is 0 Å². The SMILES string of the molecule is Cc1cc(C)n2nc(C(=O)NCCCn3nc(C)cc3C)nc2n1. The number of carbonyl (C=O) groups is 1. The van der Waals surface area contributed by atoms with E-state index in [1.807, 2.05) is 44.5 Å². The van der Waals surface area contributed by atoms with Crippen LogP contribution >= 0.6 is 0 Å². The number of hydrogen-bond donors (Lipinski definition) is 1. The molecule has 0 spiro atoms. The number of amides is 1. The number of aryl methyl sites for hydroxylation is 5. The maximum absolute atomic E-state index is 12.2. The normalized spacial score (nSPS) is 11.2. The zero-order valence-corrected chi connectivity index (χ0v) is 14.4. The Morgan fingerprint density at radius 3 is 2.50 bits per heavy atom. The van der Waals surface area contributed by atoms with Crippen molar-refractivity contribution < 1.29 is 4.79 Å². The molecule has 126 valence electrons. The van der Waals surface area contributed by atoms with Gasteiger partial charge in [-0.3, -0.25) is 9.48 Å². The fourth-order valence-electron chi connectivity index (χ4n) is 2.67. The molecule has 8 heteroatoms. The second-order valence-electron chi connectivity index (χ2n) is 5.95. The number of fused-ring (bicyclic) bond motifs is 1. The van der Waals surface area contributed by atoms with E-state index >= 15 is 0 Å². The average Bonchev–Trinajstić information content (AvgIpc) is 3.07. The van der Waals surface area contributed by atoms with Crippen LogP contribution in [-0.2, 0) is 6.54 Å². The fourth-order valence-corrected chi connectivity index (χ4v) is 2.67. The van der Waals surface area contributed by atoms with Gasteiger partial charge in [-0.05, 0) is 46.2 Å². The summed E-state index contributed by atoms with van der Waals surface area (Å²) < 4.78 is 3.53. The molecule has 24 heavy (non-hydrogen) atoms. The highest BCUT2D eigenvalue weighted by molar-refractivity contribution is 5.90. The standard InChI is InChI=1S/C16H21N7O/c1-10-8-13(4)23-16(18-10)19-14(21-23)15(24)17-6-5-7-22-12(3)9-11(2)20-22/h8-9H,5-7H2,1-4H3,(H,17,24). The van der Waals surface area contributed by atoms with Crippen molar-refractivity contribution >= 4 is 11.7 Å². The average molecular weight is 327 g/mol. The predicted molar refractivity (Wildman–Crippen MR) is 88.9 cm³/mol. The molecule has 3 aromatic rings. The van der Waals surface area contributed by atoms with Crippen molar-refractivity contribution in [3.8, 4) is 0 Å². The molecule has 0 unspecified atom stereocenters. The van der Waals surface area contributed by atoms with Crippen LogP contribution in [0.25, 0.3) is 5.78 Å². The summed E-state index contributed by atoms with van der Waals surface area (Å²) >= 11 is 0. The van der Waals surface area contributed by atoms with E-state index in [4.69, 9.17) is 0 Å². The number of carbonyl (C=O) groups excluding carboxylic acids is 1. The second-order valence-corrected chi connectivity index (χ2v) is 5.95. The summed E-state index contributed by atoms with van der Waals surface area (Å²) in [6, 6.07) is 3.94. The second kappa shape index (κ2) is 6.38. The van der Waals surface area contributed by atoms with E-state index in [0.29, 0.717) is 12.3 Å². The molecule has 0 aliphatic carbocycles. The van der Waals surface area contributed by atoms with Crippen molar-refractivity contribution in [1.29, 1.82) is 0 Å². The van der Waals surface area contributed by atoms with E-state index in [2.05, 4.69) is 25.5 Å². The minimum atomic E-state index is -0.286. The molecule has 1 N–H and O–H groups in total. The Morgan fingerprint density at radius 2 is 1.79 bits per heavy atom. The van der Waals surface area contributed by atoms with Crippen LogP contribution in [0.3, 0.4) is 0 Å².